The SMILES string of the molecule is CCn1c2ccccc2c2cc(NC(=O)C(C)Sc3nnc(-c4ccc(OC)cc4)c(-c4ccc(OC)cc4)n3)ccc21. The van der Waals surface area contributed by atoms with Gasteiger partial charge in [-0.1, -0.05) is 30.0 Å². The fourth-order valence-corrected chi connectivity index (χ4v) is 5.90. The summed E-state index contributed by atoms with van der Waals surface area (Å²) in [6.07, 6.45) is 0. The molecule has 1 N–H and O–H groups in total. The number of carbonyl (C=O) groups excluding carboxylic acids is 1. The molecule has 0 bridgehead atoms. The highest BCUT2D eigenvalue weighted by molar-refractivity contribution is 8.00. The molecule has 0 saturated heterocycles. The molecule has 0 spiro atoms. The van der Waals surface area contributed by atoms with Crippen molar-refractivity contribution >= 4 is 45.2 Å². The van der Waals surface area contributed by atoms with Crippen molar-refractivity contribution in [3.05, 3.63) is 91.0 Å². The fourth-order valence-electron chi connectivity index (χ4n) is 5.18. The molecule has 6 aromatic rings. The van der Waals surface area contributed by atoms with Crippen LogP contribution in [0.5, 0.6) is 11.5 Å². The van der Waals surface area contributed by atoms with Gasteiger partial charge in [-0.2, -0.15) is 0 Å². The first-order valence-corrected chi connectivity index (χ1v) is 14.9. The van der Waals surface area contributed by atoms with Gasteiger partial charge in [0.25, 0.3) is 0 Å². The van der Waals surface area contributed by atoms with Crippen LogP contribution < -0.4 is 14.8 Å². The molecule has 216 valence electrons. The predicted octanol–water partition coefficient (Wildman–Crippen LogP) is 7.47. The fraction of sp³-hybridized carbons (Fsp3) is 0.176. The Morgan fingerprint density at radius 1 is 0.814 bits per heavy atom. The maximum Gasteiger partial charge on any atom is 0.237 e. The molecule has 4 aromatic carbocycles. The lowest BCUT2D eigenvalue weighted by molar-refractivity contribution is -0.115. The molecule has 0 radical (unpaired) electrons. The van der Waals surface area contributed by atoms with E-state index in [0.29, 0.717) is 16.5 Å². The number of hydrogen-bond donors (Lipinski definition) is 1. The first-order valence-electron chi connectivity index (χ1n) is 14.0. The summed E-state index contributed by atoms with van der Waals surface area (Å²) < 4.78 is 12.9. The summed E-state index contributed by atoms with van der Waals surface area (Å²) in [5.41, 5.74) is 6.09. The van der Waals surface area contributed by atoms with E-state index < -0.39 is 5.25 Å². The summed E-state index contributed by atoms with van der Waals surface area (Å²) in [7, 11) is 3.26. The number of anilines is 1. The first-order chi connectivity index (χ1) is 21.0. The Kier molecular flexibility index (Phi) is 7.98. The second kappa shape index (κ2) is 12.1. The third-order valence-electron chi connectivity index (χ3n) is 7.40. The summed E-state index contributed by atoms with van der Waals surface area (Å²) in [6, 6.07) is 29.6. The Hall–Kier alpha value is -4.89. The molecule has 43 heavy (non-hydrogen) atoms. The molecule has 1 unspecified atom stereocenters. The van der Waals surface area contributed by atoms with E-state index in [1.807, 2.05) is 73.7 Å². The van der Waals surface area contributed by atoms with Gasteiger partial charge in [-0.3, -0.25) is 4.79 Å². The topological polar surface area (TPSA) is 91.2 Å². The number of nitrogens with one attached hydrogen (secondary N) is 1. The van der Waals surface area contributed by atoms with Crippen LogP contribution >= 0.6 is 11.8 Å². The number of carbonyl (C=O) groups is 1. The molecule has 0 aliphatic heterocycles. The number of methoxy groups -OCH3 is 2. The van der Waals surface area contributed by atoms with Crippen LogP contribution in [0.25, 0.3) is 44.3 Å². The van der Waals surface area contributed by atoms with Gasteiger partial charge in [-0.15, -0.1) is 10.2 Å². The number of rotatable bonds is 9. The van der Waals surface area contributed by atoms with Crippen molar-refractivity contribution in [2.75, 3.05) is 19.5 Å². The average Bonchev–Trinajstić information content (AvgIpc) is 3.37. The predicted molar refractivity (Wildman–Crippen MR) is 173 cm³/mol. The van der Waals surface area contributed by atoms with Gasteiger partial charge in [0.2, 0.25) is 11.1 Å². The van der Waals surface area contributed by atoms with Crippen molar-refractivity contribution in [3.8, 4) is 34.0 Å². The van der Waals surface area contributed by atoms with Crippen LogP contribution in [0.15, 0.2) is 96.2 Å². The van der Waals surface area contributed by atoms with Crippen LogP contribution in [0, 0.1) is 0 Å². The van der Waals surface area contributed by atoms with E-state index in [2.05, 4.69) is 51.3 Å². The van der Waals surface area contributed by atoms with Crippen molar-refractivity contribution < 1.29 is 14.3 Å². The highest BCUT2D eigenvalue weighted by atomic mass is 32.2. The molecular weight excluding hydrogens is 558 g/mol. The van der Waals surface area contributed by atoms with E-state index in [0.717, 1.165) is 45.8 Å². The number of nitrogens with zero attached hydrogens (tertiary/aromatic N) is 4. The Morgan fingerprint density at radius 2 is 1.44 bits per heavy atom. The summed E-state index contributed by atoms with van der Waals surface area (Å²) in [6.45, 7) is 4.85. The Balaban J connectivity index is 1.26. The van der Waals surface area contributed by atoms with Gasteiger partial charge < -0.3 is 19.4 Å². The first kappa shape index (κ1) is 28.2. The smallest absolute Gasteiger partial charge is 0.237 e. The molecule has 9 heteroatoms. The molecule has 1 amide bonds. The van der Waals surface area contributed by atoms with Gasteiger partial charge in [-0.05, 0) is 86.6 Å². The number of ether oxygens (including phenoxy) is 2. The monoisotopic (exact) mass is 589 g/mol. The van der Waals surface area contributed by atoms with Crippen LogP contribution in [-0.4, -0.2) is 45.1 Å². The molecule has 0 aliphatic rings. The third kappa shape index (κ3) is 5.63. The lowest BCUT2D eigenvalue weighted by Crippen LogP contribution is -2.22. The van der Waals surface area contributed by atoms with Gasteiger partial charge in [0, 0.05) is 45.2 Å². The Labute approximate surface area is 254 Å². The highest BCUT2D eigenvalue weighted by Crippen LogP contribution is 2.34. The lowest BCUT2D eigenvalue weighted by Gasteiger charge is -2.13. The van der Waals surface area contributed by atoms with Gasteiger partial charge >= 0.3 is 0 Å². The molecule has 2 heterocycles. The maximum absolute atomic E-state index is 13.3. The average molecular weight is 590 g/mol. The van der Waals surface area contributed by atoms with Gasteiger partial charge in [0.1, 0.15) is 22.9 Å². The zero-order valence-corrected chi connectivity index (χ0v) is 25.2. The summed E-state index contributed by atoms with van der Waals surface area (Å²) in [5.74, 6) is 1.35. The number of fused-ring (bicyclic) bond motifs is 3. The van der Waals surface area contributed by atoms with Crippen LogP contribution in [0.2, 0.25) is 0 Å². The molecule has 0 fully saturated rings. The molecule has 8 nitrogen and oxygen atoms in total. The molecule has 2 aromatic heterocycles. The second-order valence-corrected chi connectivity index (χ2v) is 11.3. The van der Waals surface area contributed by atoms with Crippen molar-refractivity contribution in [1.82, 2.24) is 19.7 Å². The van der Waals surface area contributed by atoms with Crippen molar-refractivity contribution in [1.29, 1.82) is 0 Å². The maximum atomic E-state index is 13.3. The van der Waals surface area contributed by atoms with Crippen molar-refractivity contribution in [2.45, 2.75) is 30.8 Å². The normalized spacial score (nSPS) is 11.9. The molecule has 6 rings (SSSR count). The Morgan fingerprint density at radius 3 is 2.09 bits per heavy atom. The molecular formula is C34H31N5O3S. The van der Waals surface area contributed by atoms with E-state index in [4.69, 9.17) is 14.5 Å². The van der Waals surface area contributed by atoms with Gasteiger partial charge in [0.05, 0.1) is 19.5 Å². The zero-order valence-electron chi connectivity index (χ0n) is 24.4. The van der Waals surface area contributed by atoms with Crippen LogP contribution in [0.1, 0.15) is 13.8 Å². The van der Waals surface area contributed by atoms with Gasteiger partial charge in [-0.25, -0.2) is 4.98 Å². The van der Waals surface area contributed by atoms with Crippen LogP contribution in [0.3, 0.4) is 0 Å². The summed E-state index contributed by atoms with van der Waals surface area (Å²) in [4.78, 5) is 18.2. The van der Waals surface area contributed by atoms with Crippen molar-refractivity contribution in [3.63, 3.8) is 0 Å². The highest BCUT2D eigenvalue weighted by Gasteiger charge is 2.20. The second-order valence-electron chi connectivity index (χ2n) is 9.99. The van der Waals surface area contributed by atoms with Crippen LogP contribution in [0.4, 0.5) is 5.69 Å². The standard InChI is InChI=1S/C34H31N5O3S/c1-5-39-29-9-7-6-8-27(29)28-20-24(14-19-30(28)39)35-33(40)21(2)43-34-36-31(22-10-15-25(41-3)16-11-22)32(37-38-34)23-12-17-26(42-4)18-13-23/h6-21H,5H2,1-4H3,(H,35,40). The van der Waals surface area contributed by atoms with E-state index in [9.17, 15) is 4.79 Å². The molecule has 1 atom stereocenters. The van der Waals surface area contributed by atoms with E-state index in [-0.39, 0.29) is 5.91 Å². The number of benzene rings is 4. The number of hydrogen-bond acceptors (Lipinski definition) is 7. The van der Waals surface area contributed by atoms with E-state index in [1.54, 1.807) is 14.2 Å². The number of aromatic nitrogens is 4. The summed E-state index contributed by atoms with van der Waals surface area (Å²) in [5, 5.41) is 14.3. The number of amides is 1. The quantitative estimate of drug-likeness (QED) is 0.175. The number of thioether (sulfide) groups is 1. The van der Waals surface area contributed by atoms with Crippen molar-refractivity contribution in [2.24, 2.45) is 0 Å². The molecule has 0 aliphatic carbocycles. The largest absolute Gasteiger partial charge is 0.497 e. The third-order valence-corrected chi connectivity index (χ3v) is 8.35. The molecule has 0 saturated carbocycles. The Bertz CT molecular complexity index is 1920. The lowest BCUT2D eigenvalue weighted by atomic mass is 10.0. The van der Waals surface area contributed by atoms with Crippen LogP contribution in [-0.2, 0) is 11.3 Å². The minimum Gasteiger partial charge on any atom is -0.497 e. The van der Waals surface area contributed by atoms with Gasteiger partial charge in [0.15, 0.2) is 0 Å². The minimum absolute atomic E-state index is 0.141. The van der Waals surface area contributed by atoms with E-state index >= 15 is 0 Å². The number of para-hydroxylation sites is 1. The summed E-state index contributed by atoms with van der Waals surface area (Å²) >= 11 is 1.27. The minimum atomic E-state index is -0.468. The van der Waals surface area contributed by atoms with E-state index in [1.165, 1.54) is 22.7 Å². The zero-order chi connectivity index (χ0) is 29.9. The number of aryl methyl sites for hydroxylation is 1.